The van der Waals surface area contributed by atoms with Crippen LogP contribution in [0.3, 0.4) is 0 Å². The Balaban J connectivity index is 2.35. The van der Waals surface area contributed by atoms with E-state index in [0.717, 1.165) is 31.4 Å². The van der Waals surface area contributed by atoms with Crippen molar-refractivity contribution in [2.45, 2.75) is 38.3 Å². The summed E-state index contributed by atoms with van der Waals surface area (Å²) in [6, 6.07) is 1.81. The molecule has 0 spiro atoms. The zero-order valence-corrected chi connectivity index (χ0v) is 12.8. The fourth-order valence-electron chi connectivity index (χ4n) is 2.65. The van der Waals surface area contributed by atoms with Gasteiger partial charge in [-0.15, -0.1) is 0 Å². The highest BCUT2D eigenvalue weighted by atomic mass is 79.9. The number of carbonyl (C=O) groups is 1. The van der Waals surface area contributed by atoms with E-state index in [1.165, 1.54) is 4.90 Å². The second-order valence-corrected chi connectivity index (χ2v) is 6.08. The van der Waals surface area contributed by atoms with Gasteiger partial charge in [0.15, 0.2) is 0 Å². The Morgan fingerprint density at radius 3 is 2.55 bits per heavy atom. The first-order valence-corrected chi connectivity index (χ1v) is 7.42. The van der Waals surface area contributed by atoms with E-state index in [0.29, 0.717) is 6.54 Å². The molecule has 2 rings (SSSR count). The highest BCUT2D eigenvalue weighted by Crippen LogP contribution is 2.25. The highest BCUT2D eigenvalue weighted by molar-refractivity contribution is 9.10. The Hall–Kier alpha value is -1.01. The van der Waals surface area contributed by atoms with Crippen LogP contribution in [-0.4, -0.2) is 29.4 Å². The quantitative estimate of drug-likeness (QED) is 0.894. The largest absolute Gasteiger partial charge is 0.334 e. The summed E-state index contributed by atoms with van der Waals surface area (Å²) in [4.78, 5) is 13.9. The number of piperidine rings is 1. The van der Waals surface area contributed by atoms with Crippen LogP contribution in [0.1, 0.15) is 36.5 Å². The molecule has 1 fully saturated rings. The molecule has 110 valence electrons. The topological polar surface area (TPSA) is 46.3 Å². The third kappa shape index (κ3) is 3.01. The van der Waals surface area contributed by atoms with Gasteiger partial charge in [0.1, 0.15) is 17.2 Å². The van der Waals surface area contributed by atoms with Gasteiger partial charge in [-0.3, -0.25) is 4.79 Å². The lowest BCUT2D eigenvalue weighted by Gasteiger charge is -2.38. The van der Waals surface area contributed by atoms with Gasteiger partial charge in [0.05, 0.1) is 0 Å². The molecule has 2 unspecified atom stereocenters. The van der Waals surface area contributed by atoms with Gasteiger partial charge in [-0.25, -0.2) is 8.78 Å². The van der Waals surface area contributed by atoms with E-state index in [-0.39, 0.29) is 16.6 Å². The van der Waals surface area contributed by atoms with Crippen LogP contribution in [0.4, 0.5) is 8.78 Å². The highest BCUT2D eigenvalue weighted by Gasteiger charge is 2.32. The zero-order chi connectivity index (χ0) is 14.9. The molecule has 1 aliphatic rings. The van der Waals surface area contributed by atoms with Gasteiger partial charge in [-0.05, 0) is 38.3 Å². The summed E-state index contributed by atoms with van der Waals surface area (Å²) in [6.45, 7) is 2.30. The number of benzene rings is 1. The second kappa shape index (κ2) is 6.18. The van der Waals surface area contributed by atoms with E-state index in [1.807, 2.05) is 6.92 Å². The summed E-state index contributed by atoms with van der Waals surface area (Å²) in [7, 11) is 0. The maximum atomic E-state index is 13.9. The standard InChI is InChI=1S/C14H17BrF2N2O/c1-8(18)12-4-2-3-5-19(12)14(20)13-10(16)6-9(15)7-11(13)17/h6-8,12H,2-5,18H2,1H3. The number of rotatable bonds is 2. The third-order valence-electron chi connectivity index (χ3n) is 3.64. The van der Waals surface area contributed by atoms with Gasteiger partial charge in [0, 0.05) is 23.1 Å². The molecule has 1 aromatic rings. The van der Waals surface area contributed by atoms with E-state index in [1.54, 1.807) is 0 Å². The molecule has 6 heteroatoms. The van der Waals surface area contributed by atoms with Crippen molar-refractivity contribution in [3.8, 4) is 0 Å². The molecule has 20 heavy (non-hydrogen) atoms. The average Bonchev–Trinajstić information content (AvgIpc) is 2.37. The predicted octanol–water partition coefficient (Wildman–Crippen LogP) is 3.07. The van der Waals surface area contributed by atoms with Crippen LogP contribution in [0.2, 0.25) is 0 Å². The molecule has 0 aliphatic carbocycles. The molecular formula is C14H17BrF2N2O. The number of likely N-dealkylation sites (tertiary alicyclic amines) is 1. The Labute approximate surface area is 125 Å². The first-order valence-electron chi connectivity index (χ1n) is 6.63. The smallest absolute Gasteiger partial charge is 0.260 e. The van der Waals surface area contributed by atoms with Gasteiger partial charge in [0.25, 0.3) is 5.91 Å². The number of hydrogen-bond donors (Lipinski definition) is 1. The van der Waals surface area contributed by atoms with E-state index in [2.05, 4.69) is 15.9 Å². The summed E-state index contributed by atoms with van der Waals surface area (Å²) in [5.41, 5.74) is 5.39. The normalized spacial score (nSPS) is 20.9. The maximum absolute atomic E-state index is 13.9. The molecule has 0 saturated carbocycles. The number of nitrogens with two attached hydrogens (primary N) is 1. The molecule has 1 heterocycles. The summed E-state index contributed by atoms with van der Waals surface area (Å²) >= 11 is 3.00. The van der Waals surface area contributed by atoms with Gasteiger partial charge < -0.3 is 10.6 Å². The predicted molar refractivity (Wildman–Crippen MR) is 76.4 cm³/mol. The first kappa shape index (κ1) is 15.4. The minimum absolute atomic E-state index is 0.168. The van der Waals surface area contributed by atoms with Crippen LogP contribution in [0.15, 0.2) is 16.6 Å². The number of nitrogens with zero attached hydrogens (tertiary/aromatic N) is 1. The first-order chi connectivity index (χ1) is 9.41. The number of amides is 1. The van der Waals surface area contributed by atoms with Crippen molar-refractivity contribution < 1.29 is 13.6 Å². The van der Waals surface area contributed by atoms with Crippen LogP contribution in [0.5, 0.6) is 0 Å². The van der Waals surface area contributed by atoms with Crippen molar-refractivity contribution in [3.05, 3.63) is 33.8 Å². The lowest BCUT2D eigenvalue weighted by atomic mass is 9.96. The average molecular weight is 347 g/mol. The zero-order valence-electron chi connectivity index (χ0n) is 11.2. The Bertz CT molecular complexity index is 499. The summed E-state index contributed by atoms with van der Waals surface area (Å²) in [5.74, 6) is -2.32. The number of halogens is 3. The molecule has 1 amide bonds. The molecule has 0 aromatic heterocycles. The Morgan fingerprint density at radius 1 is 1.40 bits per heavy atom. The SMILES string of the molecule is CC(N)C1CCCCN1C(=O)c1c(F)cc(Br)cc1F. The van der Waals surface area contributed by atoms with E-state index in [4.69, 9.17) is 5.73 Å². The Kier molecular flexibility index (Phi) is 4.75. The van der Waals surface area contributed by atoms with Crippen LogP contribution < -0.4 is 5.73 Å². The molecule has 1 aromatic carbocycles. The van der Waals surface area contributed by atoms with Crippen molar-refractivity contribution in [1.29, 1.82) is 0 Å². The van der Waals surface area contributed by atoms with Gasteiger partial charge in [0.2, 0.25) is 0 Å². The van der Waals surface area contributed by atoms with E-state index >= 15 is 0 Å². The van der Waals surface area contributed by atoms with Crippen molar-refractivity contribution >= 4 is 21.8 Å². The molecular weight excluding hydrogens is 330 g/mol. The molecule has 1 saturated heterocycles. The van der Waals surface area contributed by atoms with Crippen LogP contribution in [0, 0.1) is 11.6 Å². The van der Waals surface area contributed by atoms with Gasteiger partial charge in [-0.1, -0.05) is 15.9 Å². The molecule has 0 bridgehead atoms. The summed E-state index contributed by atoms with van der Waals surface area (Å²) < 4.78 is 28.1. The lowest BCUT2D eigenvalue weighted by molar-refractivity contribution is 0.0574. The van der Waals surface area contributed by atoms with E-state index < -0.39 is 23.1 Å². The molecule has 1 aliphatic heterocycles. The monoisotopic (exact) mass is 346 g/mol. The maximum Gasteiger partial charge on any atom is 0.260 e. The fraction of sp³-hybridized carbons (Fsp3) is 0.500. The minimum Gasteiger partial charge on any atom is -0.334 e. The Morgan fingerprint density at radius 2 is 2.00 bits per heavy atom. The van der Waals surface area contributed by atoms with Crippen molar-refractivity contribution in [2.24, 2.45) is 5.73 Å². The van der Waals surface area contributed by atoms with Crippen LogP contribution >= 0.6 is 15.9 Å². The summed E-state index contributed by atoms with van der Waals surface area (Å²) in [5, 5.41) is 0. The third-order valence-corrected chi connectivity index (χ3v) is 4.10. The molecule has 3 nitrogen and oxygen atoms in total. The van der Waals surface area contributed by atoms with Crippen molar-refractivity contribution in [2.75, 3.05) is 6.54 Å². The van der Waals surface area contributed by atoms with E-state index in [9.17, 15) is 13.6 Å². The number of hydrogen-bond acceptors (Lipinski definition) is 2. The molecule has 0 radical (unpaired) electrons. The van der Waals surface area contributed by atoms with Gasteiger partial charge >= 0.3 is 0 Å². The second-order valence-electron chi connectivity index (χ2n) is 5.17. The lowest BCUT2D eigenvalue weighted by Crippen LogP contribution is -2.52. The number of carbonyl (C=O) groups excluding carboxylic acids is 1. The van der Waals surface area contributed by atoms with Crippen LogP contribution in [0.25, 0.3) is 0 Å². The molecule has 2 N–H and O–H groups in total. The minimum atomic E-state index is -0.851. The van der Waals surface area contributed by atoms with Gasteiger partial charge in [-0.2, -0.15) is 0 Å². The van der Waals surface area contributed by atoms with Crippen molar-refractivity contribution in [1.82, 2.24) is 4.90 Å². The van der Waals surface area contributed by atoms with Crippen molar-refractivity contribution in [3.63, 3.8) is 0 Å². The fourth-order valence-corrected chi connectivity index (χ4v) is 3.05. The molecule has 2 atom stereocenters. The summed E-state index contributed by atoms with van der Waals surface area (Å²) in [6.07, 6.45) is 2.57. The van der Waals surface area contributed by atoms with Crippen LogP contribution in [-0.2, 0) is 0 Å².